The van der Waals surface area contributed by atoms with Gasteiger partial charge in [0.15, 0.2) is 0 Å². The van der Waals surface area contributed by atoms with Crippen molar-refractivity contribution in [3.63, 3.8) is 0 Å². The summed E-state index contributed by atoms with van der Waals surface area (Å²) in [6, 6.07) is 13.3. The van der Waals surface area contributed by atoms with Gasteiger partial charge >= 0.3 is 0 Å². The van der Waals surface area contributed by atoms with Gasteiger partial charge in [0, 0.05) is 22.6 Å². The monoisotopic (exact) mass is 426 g/mol. The molecular formula is C19H20Cl2N2O3S. The Labute approximate surface area is 169 Å². The number of benzene rings is 2. The maximum absolute atomic E-state index is 12.7. The summed E-state index contributed by atoms with van der Waals surface area (Å²) in [5.74, 6) is -0.291. The van der Waals surface area contributed by atoms with Gasteiger partial charge in [0.05, 0.1) is 6.26 Å². The van der Waals surface area contributed by atoms with E-state index in [-0.39, 0.29) is 18.5 Å². The molecule has 0 saturated carbocycles. The normalized spacial score (nSPS) is 21.1. The minimum absolute atomic E-state index is 0.228. The fourth-order valence-electron chi connectivity index (χ4n) is 3.24. The van der Waals surface area contributed by atoms with E-state index in [1.165, 1.54) is 4.31 Å². The van der Waals surface area contributed by atoms with Gasteiger partial charge in [0.1, 0.15) is 6.04 Å². The minimum Gasteiger partial charge on any atom is -0.350 e. The summed E-state index contributed by atoms with van der Waals surface area (Å²) in [5.41, 5.74) is 1.83. The van der Waals surface area contributed by atoms with Crippen LogP contribution in [-0.2, 0) is 27.7 Å². The van der Waals surface area contributed by atoms with Crippen molar-refractivity contribution in [3.05, 3.63) is 69.7 Å². The van der Waals surface area contributed by atoms with Gasteiger partial charge in [-0.25, -0.2) is 8.42 Å². The molecule has 0 aliphatic carbocycles. The number of piperazine rings is 1. The number of amides is 1. The van der Waals surface area contributed by atoms with Crippen LogP contribution >= 0.6 is 23.2 Å². The molecule has 8 heteroatoms. The molecule has 2 aromatic carbocycles. The Morgan fingerprint density at radius 1 is 0.963 bits per heavy atom. The van der Waals surface area contributed by atoms with Crippen LogP contribution in [0.3, 0.4) is 0 Å². The molecule has 1 aliphatic rings. The zero-order chi connectivity index (χ0) is 19.6. The number of carbonyl (C=O) groups is 1. The number of sulfonamides is 1. The second-order valence-electron chi connectivity index (χ2n) is 6.72. The van der Waals surface area contributed by atoms with Gasteiger partial charge in [-0.15, -0.1) is 0 Å². The Bertz CT molecular complexity index is 915. The van der Waals surface area contributed by atoms with E-state index in [0.717, 1.165) is 17.4 Å². The third kappa shape index (κ3) is 5.23. The Hall–Kier alpha value is -1.60. The summed E-state index contributed by atoms with van der Waals surface area (Å²) in [7, 11) is -3.54. The highest BCUT2D eigenvalue weighted by atomic mass is 35.5. The van der Waals surface area contributed by atoms with Crippen LogP contribution in [-0.4, -0.2) is 43.5 Å². The third-order valence-electron chi connectivity index (χ3n) is 4.56. The number of halogens is 2. The molecule has 0 spiro atoms. The molecule has 1 fully saturated rings. The van der Waals surface area contributed by atoms with Gasteiger partial charge in [0.25, 0.3) is 0 Å². The second kappa shape index (κ2) is 8.19. The average Bonchev–Trinajstić information content (AvgIpc) is 2.60. The maximum atomic E-state index is 12.7. The Morgan fingerprint density at radius 3 is 1.93 bits per heavy atom. The van der Waals surface area contributed by atoms with E-state index in [1.807, 2.05) is 12.1 Å². The topological polar surface area (TPSA) is 66.5 Å². The van der Waals surface area contributed by atoms with Gasteiger partial charge in [-0.2, -0.15) is 4.31 Å². The van der Waals surface area contributed by atoms with Crippen molar-refractivity contribution < 1.29 is 13.2 Å². The van der Waals surface area contributed by atoms with E-state index >= 15 is 0 Å². The number of hydrogen-bond acceptors (Lipinski definition) is 3. The highest BCUT2D eigenvalue weighted by Gasteiger charge is 2.39. The molecule has 144 valence electrons. The van der Waals surface area contributed by atoms with E-state index < -0.39 is 16.1 Å². The highest BCUT2D eigenvalue weighted by molar-refractivity contribution is 7.88. The van der Waals surface area contributed by atoms with Crippen molar-refractivity contribution in [2.24, 2.45) is 0 Å². The molecule has 2 atom stereocenters. The molecule has 1 amide bonds. The standard InChI is InChI=1S/C19H20Cl2N2O3S/c1-27(25,26)23-12-17(10-13-2-6-15(20)7-3-13)22-19(24)18(23)11-14-4-8-16(21)9-5-14/h2-9,17-18H,10-12H2,1H3,(H,22,24)/t17-,18-/m0/s1. The molecule has 0 radical (unpaired) electrons. The molecule has 1 saturated heterocycles. The molecule has 2 aromatic rings. The number of carbonyl (C=O) groups excluding carboxylic acids is 1. The lowest BCUT2D eigenvalue weighted by molar-refractivity contribution is -0.128. The van der Waals surface area contributed by atoms with Gasteiger partial charge in [-0.1, -0.05) is 47.5 Å². The smallest absolute Gasteiger partial charge is 0.239 e. The highest BCUT2D eigenvalue weighted by Crippen LogP contribution is 2.21. The summed E-state index contributed by atoms with van der Waals surface area (Å²) < 4.78 is 26.0. The zero-order valence-electron chi connectivity index (χ0n) is 14.7. The lowest BCUT2D eigenvalue weighted by Crippen LogP contribution is -2.62. The Morgan fingerprint density at radius 2 is 1.44 bits per heavy atom. The zero-order valence-corrected chi connectivity index (χ0v) is 17.1. The van der Waals surface area contributed by atoms with E-state index in [9.17, 15) is 13.2 Å². The lowest BCUT2D eigenvalue weighted by Gasteiger charge is -2.38. The molecule has 5 nitrogen and oxygen atoms in total. The van der Waals surface area contributed by atoms with Gasteiger partial charge in [0.2, 0.25) is 15.9 Å². The first-order chi connectivity index (χ1) is 12.7. The van der Waals surface area contributed by atoms with Crippen molar-refractivity contribution in [2.45, 2.75) is 24.9 Å². The van der Waals surface area contributed by atoms with Crippen LogP contribution in [0.1, 0.15) is 11.1 Å². The first-order valence-electron chi connectivity index (χ1n) is 8.48. The molecule has 27 heavy (non-hydrogen) atoms. The van der Waals surface area contributed by atoms with Crippen LogP contribution in [0.15, 0.2) is 48.5 Å². The van der Waals surface area contributed by atoms with Crippen molar-refractivity contribution in [2.75, 3.05) is 12.8 Å². The van der Waals surface area contributed by atoms with Crippen LogP contribution in [0.4, 0.5) is 0 Å². The van der Waals surface area contributed by atoms with E-state index in [1.54, 1.807) is 36.4 Å². The maximum Gasteiger partial charge on any atom is 0.239 e. The number of nitrogens with zero attached hydrogens (tertiary/aromatic N) is 1. The lowest BCUT2D eigenvalue weighted by atomic mass is 9.99. The number of hydrogen-bond donors (Lipinski definition) is 1. The van der Waals surface area contributed by atoms with Gasteiger partial charge < -0.3 is 5.32 Å². The molecule has 3 rings (SSSR count). The number of rotatable bonds is 5. The van der Waals surface area contributed by atoms with E-state index in [0.29, 0.717) is 22.9 Å². The number of nitrogens with one attached hydrogen (secondary N) is 1. The average molecular weight is 427 g/mol. The summed E-state index contributed by atoms with van der Waals surface area (Å²) in [5, 5.41) is 4.18. The van der Waals surface area contributed by atoms with Gasteiger partial charge in [-0.05, 0) is 48.2 Å². The van der Waals surface area contributed by atoms with Gasteiger partial charge in [-0.3, -0.25) is 4.79 Å². The quantitative estimate of drug-likeness (QED) is 0.798. The molecule has 0 bridgehead atoms. The van der Waals surface area contributed by atoms with E-state index in [2.05, 4.69) is 5.32 Å². The SMILES string of the molecule is CS(=O)(=O)N1C[C@H](Cc2ccc(Cl)cc2)NC(=O)[C@@H]1Cc1ccc(Cl)cc1. The van der Waals surface area contributed by atoms with Crippen LogP contribution < -0.4 is 5.32 Å². The Balaban J connectivity index is 1.78. The van der Waals surface area contributed by atoms with Crippen molar-refractivity contribution in [1.82, 2.24) is 9.62 Å². The molecular weight excluding hydrogens is 407 g/mol. The van der Waals surface area contributed by atoms with Crippen LogP contribution in [0, 0.1) is 0 Å². The fraction of sp³-hybridized carbons (Fsp3) is 0.316. The second-order valence-corrected chi connectivity index (χ2v) is 9.52. The molecule has 0 aromatic heterocycles. The van der Waals surface area contributed by atoms with Crippen molar-refractivity contribution in [1.29, 1.82) is 0 Å². The molecule has 1 heterocycles. The largest absolute Gasteiger partial charge is 0.350 e. The summed E-state index contributed by atoms with van der Waals surface area (Å²) >= 11 is 11.8. The van der Waals surface area contributed by atoms with E-state index in [4.69, 9.17) is 23.2 Å². The Kier molecular flexibility index (Phi) is 6.11. The molecule has 1 N–H and O–H groups in total. The summed E-state index contributed by atoms with van der Waals surface area (Å²) in [4.78, 5) is 12.7. The first kappa shape index (κ1) is 20.1. The van der Waals surface area contributed by atoms with Crippen molar-refractivity contribution in [3.8, 4) is 0 Å². The summed E-state index contributed by atoms with van der Waals surface area (Å²) in [6.45, 7) is 0.228. The van der Waals surface area contributed by atoms with Crippen LogP contribution in [0.25, 0.3) is 0 Å². The summed E-state index contributed by atoms with van der Waals surface area (Å²) in [6.07, 6.45) is 1.96. The molecule has 1 aliphatic heterocycles. The predicted octanol–water partition coefficient (Wildman–Crippen LogP) is 2.91. The first-order valence-corrected chi connectivity index (χ1v) is 11.1. The van der Waals surface area contributed by atoms with Crippen LogP contribution in [0.5, 0.6) is 0 Å². The van der Waals surface area contributed by atoms with Crippen LogP contribution in [0.2, 0.25) is 10.0 Å². The minimum atomic E-state index is -3.54. The fourth-order valence-corrected chi connectivity index (χ4v) is 4.58. The predicted molar refractivity (Wildman–Crippen MR) is 108 cm³/mol. The third-order valence-corrected chi connectivity index (χ3v) is 6.32. The molecule has 0 unspecified atom stereocenters. The van der Waals surface area contributed by atoms with Crippen molar-refractivity contribution >= 4 is 39.1 Å².